The molecule has 0 radical (unpaired) electrons. The summed E-state index contributed by atoms with van der Waals surface area (Å²) in [5.41, 5.74) is 3.57. The molecule has 0 unspecified atom stereocenters. The van der Waals surface area contributed by atoms with Crippen molar-refractivity contribution in [1.82, 2.24) is 25.2 Å². The molecule has 0 aliphatic rings. The second-order valence-electron chi connectivity index (χ2n) is 6.78. The Labute approximate surface area is 189 Å². The highest BCUT2D eigenvalue weighted by atomic mass is 127. The quantitative estimate of drug-likeness (QED) is 0.209. The lowest BCUT2D eigenvalue weighted by molar-refractivity contribution is 0.724. The Hall–Kier alpha value is -2.42. The lowest BCUT2D eigenvalue weighted by Crippen LogP contribution is -2.37. The zero-order chi connectivity index (χ0) is 19.6. The molecule has 0 aliphatic heterocycles. The second-order valence-corrected chi connectivity index (χ2v) is 6.78. The van der Waals surface area contributed by atoms with Crippen molar-refractivity contribution in [1.29, 1.82) is 0 Å². The molecule has 0 bridgehead atoms. The summed E-state index contributed by atoms with van der Waals surface area (Å²) < 4.78 is 1.88. The van der Waals surface area contributed by atoms with Crippen LogP contribution in [0.5, 0.6) is 0 Å². The number of hydrogen-bond donors (Lipinski definition) is 2. The van der Waals surface area contributed by atoms with Gasteiger partial charge < -0.3 is 10.6 Å². The van der Waals surface area contributed by atoms with E-state index in [2.05, 4.69) is 64.8 Å². The fourth-order valence-corrected chi connectivity index (χ4v) is 2.68. The van der Waals surface area contributed by atoms with Crippen LogP contribution in [0.25, 0.3) is 5.82 Å². The van der Waals surface area contributed by atoms with E-state index in [-0.39, 0.29) is 24.0 Å². The van der Waals surface area contributed by atoms with Gasteiger partial charge in [0.05, 0.1) is 6.54 Å². The largest absolute Gasteiger partial charge is 0.356 e. The van der Waals surface area contributed by atoms with Crippen LogP contribution in [0.2, 0.25) is 0 Å². The fourth-order valence-electron chi connectivity index (χ4n) is 2.68. The number of unbranched alkanes of at least 4 members (excludes halogenated alkanes) is 1. The monoisotopic (exact) mass is 504 g/mol. The summed E-state index contributed by atoms with van der Waals surface area (Å²) in [5.74, 6) is 1.68. The molecule has 2 aromatic heterocycles. The molecule has 7 heteroatoms. The number of aliphatic imine (C=N–C) groups is 1. The number of nitrogens with zero attached hydrogens (tertiary/aromatic N) is 4. The molecule has 0 saturated heterocycles. The predicted molar refractivity (Wildman–Crippen MR) is 129 cm³/mol. The Morgan fingerprint density at radius 1 is 1.07 bits per heavy atom. The summed E-state index contributed by atoms with van der Waals surface area (Å²) in [6.45, 7) is 6.52. The highest BCUT2D eigenvalue weighted by molar-refractivity contribution is 14.0. The van der Waals surface area contributed by atoms with Gasteiger partial charge in [0.2, 0.25) is 0 Å². The van der Waals surface area contributed by atoms with E-state index in [1.807, 2.05) is 23.0 Å². The Balaban J connectivity index is 0.00000300. The summed E-state index contributed by atoms with van der Waals surface area (Å²) in [4.78, 5) is 13.3. The molecule has 3 aromatic rings. The van der Waals surface area contributed by atoms with Gasteiger partial charge in [-0.2, -0.15) is 0 Å². The average Bonchev–Trinajstić information content (AvgIpc) is 3.26. The maximum absolute atomic E-state index is 4.73. The first kappa shape index (κ1) is 22.9. The molecule has 0 atom stereocenters. The van der Waals surface area contributed by atoms with Crippen LogP contribution in [0.15, 0.2) is 66.3 Å². The number of aromatic nitrogens is 3. The van der Waals surface area contributed by atoms with E-state index in [1.165, 1.54) is 11.1 Å². The molecule has 2 N–H and O–H groups in total. The number of rotatable bonds is 8. The first-order valence-corrected chi connectivity index (χ1v) is 9.75. The van der Waals surface area contributed by atoms with Crippen molar-refractivity contribution in [3.05, 3.63) is 78.0 Å². The first-order chi connectivity index (χ1) is 13.7. The lowest BCUT2D eigenvalue weighted by atomic mass is 10.1. The summed E-state index contributed by atoms with van der Waals surface area (Å²) in [7, 11) is 0. The minimum Gasteiger partial charge on any atom is -0.356 e. The molecule has 2 heterocycles. The number of imidazole rings is 1. The minimum absolute atomic E-state index is 0. The van der Waals surface area contributed by atoms with Gasteiger partial charge in [0.15, 0.2) is 5.96 Å². The number of guanidine groups is 1. The Bertz CT molecular complexity index is 857. The third-order valence-corrected chi connectivity index (χ3v) is 4.40. The van der Waals surface area contributed by atoms with Crippen LogP contribution in [0.4, 0.5) is 0 Å². The van der Waals surface area contributed by atoms with Crippen molar-refractivity contribution in [3.63, 3.8) is 0 Å². The van der Waals surface area contributed by atoms with Crippen LogP contribution in [-0.2, 0) is 13.1 Å². The van der Waals surface area contributed by atoms with E-state index in [0.717, 1.165) is 43.3 Å². The molecule has 0 fully saturated rings. The van der Waals surface area contributed by atoms with Gasteiger partial charge >= 0.3 is 0 Å². The van der Waals surface area contributed by atoms with E-state index in [9.17, 15) is 0 Å². The van der Waals surface area contributed by atoms with Crippen molar-refractivity contribution in [3.8, 4) is 5.82 Å². The average molecular weight is 504 g/mol. The summed E-state index contributed by atoms with van der Waals surface area (Å²) in [6.07, 6.45) is 9.50. The van der Waals surface area contributed by atoms with Crippen LogP contribution in [0.3, 0.4) is 0 Å². The van der Waals surface area contributed by atoms with Gasteiger partial charge in [-0.25, -0.2) is 15.0 Å². The maximum atomic E-state index is 4.73. The molecule has 0 aliphatic carbocycles. The summed E-state index contributed by atoms with van der Waals surface area (Å²) in [5, 5.41) is 6.84. The standard InChI is InChI=1S/C22H28N6.HI/c1-3-4-11-24-22(26-14-19-7-5-18(2)6-8-19)27-16-20-9-10-21(25-15-20)28-13-12-23-17-28;/h5-10,12-13,15,17H,3-4,11,14,16H2,1-2H3,(H2,24,26,27);1H. The van der Waals surface area contributed by atoms with Crippen LogP contribution in [-0.4, -0.2) is 27.0 Å². The molecule has 0 spiro atoms. The van der Waals surface area contributed by atoms with Gasteiger partial charge in [0, 0.05) is 31.7 Å². The molecule has 6 nitrogen and oxygen atoms in total. The second kappa shape index (κ2) is 12.2. The van der Waals surface area contributed by atoms with Gasteiger partial charge in [0.1, 0.15) is 12.1 Å². The molecular formula is C22H29IN6. The number of halogens is 1. The normalized spacial score (nSPS) is 11.0. The maximum Gasteiger partial charge on any atom is 0.191 e. The topological polar surface area (TPSA) is 67.1 Å². The van der Waals surface area contributed by atoms with Gasteiger partial charge in [-0.3, -0.25) is 4.57 Å². The van der Waals surface area contributed by atoms with E-state index in [1.54, 1.807) is 12.5 Å². The van der Waals surface area contributed by atoms with E-state index >= 15 is 0 Å². The van der Waals surface area contributed by atoms with Crippen molar-refractivity contribution >= 4 is 29.9 Å². The number of aryl methyl sites for hydroxylation is 1. The number of nitrogens with one attached hydrogen (secondary N) is 2. The van der Waals surface area contributed by atoms with Crippen LogP contribution in [0, 0.1) is 6.92 Å². The van der Waals surface area contributed by atoms with Crippen LogP contribution >= 0.6 is 24.0 Å². The third-order valence-electron chi connectivity index (χ3n) is 4.40. The zero-order valence-electron chi connectivity index (χ0n) is 17.0. The number of hydrogen-bond acceptors (Lipinski definition) is 3. The minimum atomic E-state index is 0. The molecule has 0 amide bonds. The van der Waals surface area contributed by atoms with Gasteiger partial charge in [-0.1, -0.05) is 49.2 Å². The van der Waals surface area contributed by atoms with Crippen molar-refractivity contribution in [2.24, 2.45) is 4.99 Å². The molecular weight excluding hydrogens is 475 g/mol. The molecule has 1 aromatic carbocycles. The number of benzene rings is 1. The Morgan fingerprint density at radius 3 is 2.52 bits per heavy atom. The third kappa shape index (κ3) is 7.49. The van der Waals surface area contributed by atoms with E-state index in [0.29, 0.717) is 6.54 Å². The number of pyridine rings is 1. The Morgan fingerprint density at radius 2 is 1.86 bits per heavy atom. The molecule has 154 valence electrons. The van der Waals surface area contributed by atoms with E-state index in [4.69, 9.17) is 4.99 Å². The first-order valence-electron chi connectivity index (χ1n) is 9.75. The van der Waals surface area contributed by atoms with Crippen LogP contribution in [0.1, 0.15) is 36.5 Å². The summed E-state index contributed by atoms with van der Waals surface area (Å²) >= 11 is 0. The Kier molecular flexibility index (Phi) is 9.63. The summed E-state index contributed by atoms with van der Waals surface area (Å²) in [6, 6.07) is 12.6. The highest BCUT2D eigenvalue weighted by Crippen LogP contribution is 2.07. The lowest BCUT2D eigenvalue weighted by Gasteiger charge is -2.13. The van der Waals surface area contributed by atoms with Gasteiger partial charge in [-0.05, 0) is 30.5 Å². The molecule has 3 rings (SSSR count). The smallest absolute Gasteiger partial charge is 0.191 e. The van der Waals surface area contributed by atoms with Crippen molar-refractivity contribution in [2.45, 2.75) is 39.8 Å². The fraction of sp³-hybridized carbons (Fsp3) is 0.318. The van der Waals surface area contributed by atoms with Crippen molar-refractivity contribution < 1.29 is 0 Å². The van der Waals surface area contributed by atoms with Gasteiger partial charge in [-0.15, -0.1) is 24.0 Å². The van der Waals surface area contributed by atoms with E-state index < -0.39 is 0 Å². The molecule has 0 saturated carbocycles. The predicted octanol–water partition coefficient (Wildman–Crippen LogP) is 4.23. The SMILES string of the molecule is CCCCNC(=NCc1ccc(-n2ccnc2)nc1)NCc1ccc(C)cc1.I. The molecule has 29 heavy (non-hydrogen) atoms. The van der Waals surface area contributed by atoms with Crippen LogP contribution < -0.4 is 10.6 Å². The van der Waals surface area contributed by atoms with Gasteiger partial charge in [0.25, 0.3) is 0 Å². The van der Waals surface area contributed by atoms with Crippen molar-refractivity contribution in [2.75, 3.05) is 6.54 Å². The zero-order valence-corrected chi connectivity index (χ0v) is 19.3. The highest BCUT2D eigenvalue weighted by Gasteiger charge is 2.01.